The Morgan fingerprint density at radius 2 is 1.86 bits per heavy atom. The van der Waals surface area contributed by atoms with Crippen LogP contribution in [0.5, 0.6) is 0 Å². The van der Waals surface area contributed by atoms with E-state index in [4.69, 9.17) is 0 Å². The fraction of sp³-hybridized carbons (Fsp3) is 0.409. The molecule has 28 heavy (non-hydrogen) atoms. The Morgan fingerprint density at radius 3 is 2.46 bits per heavy atom. The van der Waals surface area contributed by atoms with Crippen LogP contribution in [-0.2, 0) is 11.3 Å². The van der Waals surface area contributed by atoms with Gasteiger partial charge in [0.1, 0.15) is 0 Å². The third kappa shape index (κ3) is 4.75. The highest BCUT2D eigenvalue weighted by molar-refractivity contribution is 5.93. The average Bonchev–Trinajstić information content (AvgIpc) is 2.71. The number of anilines is 1. The van der Waals surface area contributed by atoms with Crippen molar-refractivity contribution in [2.24, 2.45) is 0 Å². The van der Waals surface area contributed by atoms with Crippen LogP contribution < -0.4 is 4.90 Å². The summed E-state index contributed by atoms with van der Waals surface area (Å²) in [5.41, 5.74) is 3.23. The van der Waals surface area contributed by atoms with Gasteiger partial charge in [0.05, 0.1) is 4.92 Å². The zero-order valence-electron chi connectivity index (χ0n) is 16.5. The van der Waals surface area contributed by atoms with Crippen LogP contribution in [0, 0.1) is 17.0 Å². The number of carbonyl (C=O) groups is 1. The molecule has 1 saturated heterocycles. The molecular formula is C22H27N3O3. The van der Waals surface area contributed by atoms with Crippen molar-refractivity contribution >= 4 is 17.3 Å². The highest BCUT2D eigenvalue weighted by atomic mass is 16.6. The van der Waals surface area contributed by atoms with Crippen LogP contribution >= 0.6 is 0 Å². The van der Waals surface area contributed by atoms with Gasteiger partial charge < -0.3 is 4.90 Å². The van der Waals surface area contributed by atoms with Crippen LogP contribution in [0.2, 0.25) is 0 Å². The summed E-state index contributed by atoms with van der Waals surface area (Å²) in [7, 11) is 0. The summed E-state index contributed by atoms with van der Waals surface area (Å²) in [6, 6.07) is 15.2. The van der Waals surface area contributed by atoms with Crippen LogP contribution in [-0.4, -0.2) is 34.9 Å². The molecule has 1 aliphatic rings. The number of nitro benzene ring substituents is 1. The van der Waals surface area contributed by atoms with Crippen molar-refractivity contribution in [2.75, 3.05) is 18.0 Å². The SMILES string of the molecule is CCC(=O)N(c1ccc(C)cc1)C1CCN(Cc2cccc([N+](=O)[O-])c2)CC1. The molecule has 0 aliphatic carbocycles. The predicted molar refractivity (Wildman–Crippen MR) is 110 cm³/mol. The molecular weight excluding hydrogens is 354 g/mol. The normalized spacial score (nSPS) is 15.4. The van der Waals surface area contributed by atoms with E-state index in [1.165, 1.54) is 11.6 Å². The fourth-order valence-electron chi connectivity index (χ4n) is 3.80. The van der Waals surface area contributed by atoms with Gasteiger partial charge >= 0.3 is 0 Å². The van der Waals surface area contributed by atoms with Gasteiger partial charge in [0.25, 0.3) is 5.69 Å². The van der Waals surface area contributed by atoms with Crippen molar-refractivity contribution < 1.29 is 9.72 Å². The van der Waals surface area contributed by atoms with Gasteiger partial charge in [0.2, 0.25) is 5.91 Å². The molecule has 1 aliphatic heterocycles. The monoisotopic (exact) mass is 381 g/mol. The average molecular weight is 381 g/mol. The first kappa shape index (κ1) is 20.0. The third-order valence-corrected chi connectivity index (χ3v) is 5.33. The minimum Gasteiger partial charge on any atom is -0.309 e. The molecule has 0 bridgehead atoms. The minimum absolute atomic E-state index is 0.131. The lowest BCUT2D eigenvalue weighted by atomic mass is 10.0. The number of hydrogen-bond donors (Lipinski definition) is 0. The van der Waals surface area contributed by atoms with Gasteiger partial charge in [0.15, 0.2) is 0 Å². The minimum atomic E-state index is -0.356. The van der Waals surface area contributed by atoms with E-state index in [0.29, 0.717) is 13.0 Å². The zero-order valence-corrected chi connectivity index (χ0v) is 16.5. The molecule has 6 nitrogen and oxygen atoms in total. The fourth-order valence-corrected chi connectivity index (χ4v) is 3.80. The topological polar surface area (TPSA) is 66.7 Å². The van der Waals surface area contributed by atoms with Crippen LogP contribution in [0.25, 0.3) is 0 Å². The second-order valence-electron chi connectivity index (χ2n) is 7.39. The van der Waals surface area contributed by atoms with E-state index >= 15 is 0 Å². The highest BCUT2D eigenvalue weighted by Crippen LogP contribution is 2.26. The first-order chi connectivity index (χ1) is 13.5. The lowest BCUT2D eigenvalue weighted by Crippen LogP contribution is -2.47. The molecule has 0 saturated carbocycles. The van der Waals surface area contributed by atoms with E-state index in [-0.39, 0.29) is 22.6 Å². The number of non-ortho nitro benzene ring substituents is 1. The summed E-state index contributed by atoms with van der Waals surface area (Å²) in [6.07, 6.45) is 2.28. The van der Waals surface area contributed by atoms with Crippen molar-refractivity contribution in [3.63, 3.8) is 0 Å². The number of hydrogen-bond acceptors (Lipinski definition) is 4. The Hall–Kier alpha value is -2.73. The number of carbonyl (C=O) groups excluding carboxylic acids is 1. The Morgan fingerprint density at radius 1 is 1.18 bits per heavy atom. The Kier molecular flexibility index (Phi) is 6.41. The number of aryl methyl sites for hydroxylation is 1. The lowest BCUT2D eigenvalue weighted by molar-refractivity contribution is -0.384. The summed E-state index contributed by atoms with van der Waals surface area (Å²) in [4.78, 5) is 27.5. The van der Waals surface area contributed by atoms with Crippen molar-refractivity contribution in [3.8, 4) is 0 Å². The maximum Gasteiger partial charge on any atom is 0.269 e. The molecule has 0 atom stereocenters. The van der Waals surface area contributed by atoms with E-state index in [9.17, 15) is 14.9 Å². The molecule has 6 heteroatoms. The molecule has 2 aromatic carbocycles. The zero-order chi connectivity index (χ0) is 20.1. The summed E-state index contributed by atoms with van der Waals surface area (Å²) in [5, 5.41) is 11.0. The molecule has 0 radical (unpaired) electrons. The molecule has 1 fully saturated rings. The molecule has 3 rings (SSSR count). The van der Waals surface area contributed by atoms with Crippen LogP contribution in [0.15, 0.2) is 48.5 Å². The lowest BCUT2D eigenvalue weighted by Gasteiger charge is -2.38. The van der Waals surface area contributed by atoms with Gasteiger partial charge in [-0.15, -0.1) is 0 Å². The molecule has 1 heterocycles. The second kappa shape index (κ2) is 8.97. The van der Waals surface area contributed by atoms with Gasteiger partial charge in [-0.05, 0) is 37.5 Å². The molecule has 0 spiro atoms. The molecule has 0 N–H and O–H groups in total. The summed E-state index contributed by atoms with van der Waals surface area (Å²) in [6.45, 7) is 6.38. The van der Waals surface area contributed by atoms with Crippen molar-refractivity contribution in [1.82, 2.24) is 4.90 Å². The largest absolute Gasteiger partial charge is 0.309 e. The smallest absolute Gasteiger partial charge is 0.269 e. The van der Waals surface area contributed by atoms with Gasteiger partial charge in [0, 0.05) is 49.9 Å². The van der Waals surface area contributed by atoms with E-state index in [1.807, 2.05) is 49.1 Å². The van der Waals surface area contributed by atoms with Gasteiger partial charge in [-0.25, -0.2) is 0 Å². The van der Waals surface area contributed by atoms with Gasteiger partial charge in [-0.1, -0.05) is 36.8 Å². The van der Waals surface area contributed by atoms with E-state index in [1.54, 1.807) is 12.1 Å². The highest BCUT2D eigenvalue weighted by Gasteiger charge is 2.28. The molecule has 0 unspecified atom stereocenters. The molecule has 0 aromatic heterocycles. The predicted octanol–water partition coefficient (Wildman–Crippen LogP) is 4.31. The quantitative estimate of drug-likeness (QED) is 0.552. The maximum absolute atomic E-state index is 12.6. The van der Waals surface area contributed by atoms with Gasteiger partial charge in [-0.3, -0.25) is 19.8 Å². The standard InChI is InChI=1S/C22H27N3O3/c1-3-22(26)24(19-9-7-17(2)8-10-19)20-11-13-23(14-12-20)16-18-5-4-6-21(15-18)25(27)28/h4-10,15,20H,3,11-14,16H2,1-2H3. The number of piperidine rings is 1. The van der Waals surface area contributed by atoms with Gasteiger partial charge in [-0.2, -0.15) is 0 Å². The van der Waals surface area contributed by atoms with E-state index in [0.717, 1.165) is 37.2 Å². The molecule has 148 valence electrons. The summed E-state index contributed by atoms with van der Waals surface area (Å²) >= 11 is 0. The summed E-state index contributed by atoms with van der Waals surface area (Å²) < 4.78 is 0. The number of benzene rings is 2. The Bertz CT molecular complexity index is 827. The van der Waals surface area contributed by atoms with Crippen molar-refractivity contribution in [3.05, 3.63) is 69.8 Å². The van der Waals surface area contributed by atoms with Crippen LogP contribution in [0.1, 0.15) is 37.3 Å². The first-order valence-electron chi connectivity index (χ1n) is 9.82. The van der Waals surface area contributed by atoms with E-state index < -0.39 is 0 Å². The molecule has 1 amide bonds. The Balaban J connectivity index is 1.65. The third-order valence-electron chi connectivity index (χ3n) is 5.33. The number of rotatable bonds is 6. The van der Waals surface area contributed by atoms with Crippen molar-refractivity contribution in [1.29, 1.82) is 0 Å². The van der Waals surface area contributed by atoms with Crippen LogP contribution in [0.4, 0.5) is 11.4 Å². The summed E-state index contributed by atoms with van der Waals surface area (Å²) in [5.74, 6) is 0.154. The second-order valence-corrected chi connectivity index (χ2v) is 7.39. The number of amides is 1. The number of likely N-dealkylation sites (tertiary alicyclic amines) is 1. The van der Waals surface area contributed by atoms with Crippen LogP contribution in [0.3, 0.4) is 0 Å². The number of nitro groups is 1. The molecule has 2 aromatic rings. The number of nitrogens with zero attached hydrogens (tertiary/aromatic N) is 3. The first-order valence-corrected chi connectivity index (χ1v) is 9.82. The maximum atomic E-state index is 12.6. The van der Waals surface area contributed by atoms with E-state index in [2.05, 4.69) is 4.90 Å². The Labute approximate surface area is 165 Å². The van der Waals surface area contributed by atoms with Crippen molar-refractivity contribution in [2.45, 2.75) is 45.7 Å².